The average molecular weight is 350 g/mol. The van der Waals surface area contributed by atoms with Crippen molar-refractivity contribution >= 4 is 5.91 Å². The molecule has 134 valence electrons. The van der Waals surface area contributed by atoms with E-state index in [1.54, 1.807) is 18.7 Å². The van der Waals surface area contributed by atoms with Crippen molar-refractivity contribution in [1.82, 2.24) is 29.9 Å². The van der Waals surface area contributed by atoms with Crippen LogP contribution < -0.4 is 0 Å². The zero-order chi connectivity index (χ0) is 17.8. The van der Waals surface area contributed by atoms with Gasteiger partial charge in [0.25, 0.3) is 5.91 Å². The summed E-state index contributed by atoms with van der Waals surface area (Å²) in [5, 5.41) is 15.0. The second kappa shape index (κ2) is 7.51. The molecule has 1 saturated heterocycles. The van der Waals surface area contributed by atoms with Crippen LogP contribution in [0.4, 0.5) is 0 Å². The minimum atomic E-state index is 0.0620. The van der Waals surface area contributed by atoms with Crippen molar-refractivity contribution in [3.05, 3.63) is 66.0 Å². The van der Waals surface area contributed by atoms with Crippen molar-refractivity contribution in [1.29, 1.82) is 0 Å². The van der Waals surface area contributed by atoms with Crippen LogP contribution in [0.1, 0.15) is 41.0 Å². The van der Waals surface area contributed by atoms with Crippen molar-refractivity contribution in [2.24, 2.45) is 0 Å². The van der Waals surface area contributed by atoms with Gasteiger partial charge >= 0.3 is 0 Å². The predicted octanol–water partition coefficient (Wildman–Crippen LogP) is 2.29. The molecule has 2 aromatic heterocycles. The number of aromatic nitrogens is 5. The largest absolute Gasteiger partial charge is 0.336 e. The van der Waals surface area contributed by atoms with Gasteiger partial charge in [0.05, 0.1) is 18.3 Å². The third kappa shape index (κ3) is 3.51. The Balaban J connectivity index is 1.40. The van der Waals surface area contributed by atoms with Crippen molar-refractivity contribution in [2.45, 2.75) is 38.3 Å². The summed E-state index contributed by atoms with van der Waals surface area (Å²) in [6.45, 7) is 1.58. The molecule has 1 N–H and O–H groups in total. The highest BCUT2D eigenvalue weighted by atomic mass is 16.2. The van der Waals surface area contributed by atoms with Crippen molar-refractivity contribution in [3.8, 4) is 0 Å². The number of nitrogens with one attached hydrogen (secondary N) is 1. The summed E-state index contributed by atoms with van der Waals surface area (Å²) in [5.41, 5.74) is 1.86. The molecule has 1 fully saturated rings. The zero-order valence-electron chi connectivity index (χ0n) is 14.6. The highest BCUT2D eigenvalue weighted by molar-refractivity contribution is 5.94. The standard InChI is InChI=1S/C19H22N6O/c26-19(16-11-20-21-12-16)25-10-4-7-17(25)8-9-18-23-22-14-24(18)13-15-5-2-1-3-6-15/h1-3,5-6,11-12,14,17H,4,7-10,13H2,(H,20,21). The van der Waals surface area contributed by atoms with Gasteiger partial charge in [0.2, 0.25) is 0 Å². The van der Waals surface area contributed by atoms with Gasteiger partial charge in [-0.3, -0.25) is 9.89 Å². The van der Waals surface area contributed by atoms with E-state index < -0.39 is 0 Å². The van der Waals surface area contributed by atoms with Gasteiger partial charge in [0, 0.05) is 25.2 Å². The van der Waals surface area contributed by atoms with Crippen LogP contribution >= 0.6 is 0 Å². The Bertz CT molecular complexity index is 842. The minimum Gasteiger partial charge on any atom is -0.336 e. The van der Waals surface area contributed by atoms with Crippen LogP contribution in [0.2, 0.25) is 0 Å². The first-order chi connectivity index (χ1) is 12.8. The molecule has 0 spiro atoms. The van der Waals surface area contributed by atoms with E-state index in [0.29, 0.717) is 5.56 Å². The molecular formula is C19H22N6O. The van der Waals surface area contributed by atoms with Crippen LogP contribution in [-0.2, 0) is 13.0 Å². The molecule has 7 heteroatoms. The second-order valence-corrected chi connectivity index (χ2v) is 6.68. The number of carbonyl (C=O) groups is 1. The maximum absolute atomic E-state index is 12.6. The fourth-order valence-corrected chi connectivity index (χ4v) is 3.62. The van der Waals surface area contributed by atoms with Crippen LogP contribution in [-0.4, -0.2) is 48.4 Å². The number of likely N-dealkylation sites (tertiary alicyclic amines) is 1. The molecule has 1 amide bonds. The van der Waals surface area contributed by atoms with Gasteiger partial charge in [0.15, 0.2) is 0 Å². The van der Waals surface area contributed by atoms with Crippen LogP contribution in [0, 0.1) is 0 Å². The maximum Gasteiger partial charge on any atom is 0.257 e. The average Bonchev–Trinajstić information content (AvgIpc) is 3.42. The summed E-state index contributed by atoms with van der Waals surface area (Å²) in [6, 6.07) is 10.5. The number of hydrogen-bond acceptors (Lipinski definition) is 4. The Kier molecular flexibility index (Phi) is 4.77. The van der Waals surface area contributed by atoms with Crippen molar-refractivity contribution in [3.63, 3.8) is 0 Å². The molecule has 1 aromatic carbocycles. The van der Waals surface area contributed by atoms with Crippen LogP contribution in [0.3, 0.4) is 0 Å². The Morgan fingerprint density at radius 3 is 2.96 bits per heavy atom. The molecule has 3 aromatic rings. The van der Waals surface area contributed by atoms with Crippen LogP contribution in [0.15, 0.2) is 49.1 Å². The fourth-order valence-electron chi connectivity index (χ4n) is 3.62. The van der Waals surface area contributed by atoms with Gasteiger partial charge in [-0.25, -0.2) is 0 Å². The van der Waals surface area contributed by atoms with Crippen molar-refractivity contribution in [2.75, 3.05) is 6.54 Å². The summed E-state index contributed by atoms with van der Waals surface area (Å²) in [6.07, 6.45) is 8.83. The number of nitrogens with zero attached hydrogens (tertiary/aromatic N) is 5. The first kappa shape index (κ1) is 16.5. The lowest BCUT2D eigenvalue weighted by Crippen LogP contribution is -2.35. The third-order valence-electron chi connectivity index (χ3n) is 4.98. The highest BCUT2D eigenvalue weighted by Crippen LogP contribution is 2.23. The molecule has 0 saturated carbocycles. The lowest BCUT2D eigenvalue weighted by atomic mass is 10.1. The molecule has 1 atom stereocenters. The fraction of sp³-hybridized carbons (Fsp3) is 0.368. The molecule has 3 heterocycles. The predicted molar refractivity (Wildman–Crippen MR) is 96.5 cm³/mol. The summed E-state index contributed by atoms with van der Waals surface area (Å²) >= 11 is 0. The molecular weight excluding hydrogens is 328 g/mol. The number of aromatic amines is 1. The molecule has 7 nitrogen and oxygen atoms in total. The van der Waals surface area contributed by atoms with Crippen LogP contribution in [0.25, 0.3) is 0 Å². The van der Waals surface area contributed by atoms with Crippen molar-refractivity contribution < 1.29 is 4.79 Å². The topological polar surface area (TPSA) is 79.7 Å². The number of aryl methyl sites for hydroxylation is 1. The quantitative estimate of drug-likeness (QED) is 0.740. The SMILES string of the molecule is O=C(c1cn[nH]c1)N1CCCC1CCc1nncn1Cc1ccccc1. The van der Waals surface area contributed by atoms with Gasteiger partial charge in [-0.15, -0.1) is 10.2 Å². The first-order valence-electron chi connectivity index (χ1n) is 9.01. The second-order valence-electron chi connectivity index (χ2n) is 6.68. The van der Waals surface area contributed by atoms with E-state index >= 15 is 0 Å². The van der Waals surface area contributed by atoms with E-state index in [9.17, 15) is 4.79 Å². The molecule has 26 heavy (non-hydrogen) atoms. The molecule has 1 aliphatic heterocycles. The number of benzene rings is 1. The summed E-state index contributed by atoms with van der Waals surface area (Å²) in [7, 11) is 0. The lowest BCUT2D eigenvalue weighted by molar-refractivity contribution is 0.0730. The normalized spacial score (nSPS) is 16.9. The minimum absolute atomic E-state index is 0.0620. The Morgan fingerprint density at radius 1 is 1.27 bits per heavy atom. The monoisotopic (exact) mass is 350 g/mol. The first-order valence-corrected chi connectivity index (χ1v) is 9.01. The third-order valence-corrected chi connectivity index (χ3v) is 4.98. The van der Waals surface area contributed by atoms with E-state index in [0.717, 1.165) is 44.6 Å². The molecule has 1 unspecified atom stereocenters. The number of H-pyrrole nitrogens is 1. The van der Waals surface area contributed by atoms with E-state index in [4.69, 9.17) is 0 Å². The lowest BCUT2D eigenvalue weighted by Gasteiger charge is -2.24. The van der Waals surface area contributed by atoms with E-state index in [1.165, 1.54) is 5.56 Å². The Hall–Kier alpha value is -2.96. The van der Waals surface area contributed by atoms with E-state index in [1.807, 2.05) is 23.1 Å². The van der Waals surface area contributed by atoms with Gasteiger partial charge in [-0.2, -0.15) is 5.10 Å². The number of hydrogen-bond donors (Lipinski definition) is 1. The summed E-state index contributed by atoms with van der Waals surface area (Å²) < 4.78 is 2.09. The molecule has 0 bridgehead atoms. The molecule has 0 aliphatic carbocycles. The molecule has 4 rings (SSSR count). The molecule has 1 aliphatic rings. The Morgan fingerprint density at radius 2 is 2.15 bits per heavy atom. The van der Waals surface area contributed by atoms with Gasteiger partial charge in [-0.05, 0) is 24.8 Å². The van der Waals surface area contributed by atoms with E-state index in [2.05, 4.69) is 37.1 Å². The highest BCUT2D eigenvalue weighted by Gasteiger charge is 2.29. The maximum atomic E-state index is 12.6. The summed E-state index contributed by atoms with van der Waals surface area (Å²) in [4.78, 5) is 14.6. The number of amides is 1. The zero-order valence-corrected chi connectivity index (χ0v) is 14.6. The van der Waals surface area contributed by atoms with Gasteiger partial charge in [0.1, 0.15) is 12.2 Å². The smallest absolute Gasteiger partial charge is 0.257 e. The van der Waals surface area contributed by atoms with E-state index in [-0.39, 0.29) is 11.9 Å². The summed E-state index contributed by atoms with van der Waals surface area (Å²) in [5.74, 6) is 1.03. The molecule has 0 radical (unpaired) electrons. The van der Waals surface area contributed by atoms with Gasteiger partial charge < -0.3 is 9.47 Å². The van der Waals surface area contributed by atoms with Crippen LogP contribution in [0.5, 0.6) is 0 Å². The number of rotatable bonds is 6. The Labute approximate surface area is 152 Å². The van der Waals surface area contributed by atoms with Gasteiger partial charge in [-0.1, -0.05) is 30.3 Å². The number of carbonyl (C=O) groups excluding carboxylic acids is 1.